The summed E-state index contributed by atoms with van der Waals surface area (Å²) in [7, 11) is 0. The number of hydrogen-bond acceptors (Lipinski definition) is 3. The molecule has 3 nitrogen and oxygen atoms in total. The standard InChI is InChI=1S/C17H18N2OS/c1-2-21-16-6-4-3-5-15(16)19-17(20)12-7-8-13-10-18-11-14(13)9-12/h3-9,18H,2,10-11H2,1H3,(H,19,20). The Labute approximate surface area is 129 Å². The molecule has 108 valence electrons. The molecule has 0 unspecified atom stereocenters. The lowest BCUT2D eigenvalue weighted by Crippen LogP contribution is -2.13. The van der Waals surface area contributed by atoms with Crippen LogP contribution in [-0.4, -0.2) is 11.7 Å². The van der Waals surface area contributed by atoms with E-state index in [-0.39, 0.29) is 5.91 Å². The third-order valence-corrected chi connectivity index (χ3v) is 4.49. The van der Waals surface area contributed by atoms with Crippen molar-refractivity contribution < 1.29 is 4.79 Å². The Morgan fingerprint density at radius 2 is 2.00 bits per heavy atom. The van der Waals surface area contributed by atoms with Crippen molar-refractivity contribution in [1.29, 1.82) is 0 Å². The fourth-order valence-corrected chi connectivity index (χ4v) is 3.24. The summed E-state index contributed by atoms with van der Waals surface area (Å²) in [6.07, 6.45) is 0. The topological polar surface area (TPSA) is 41.1 Å². The first kappa shape index (κ1) is 14.2. The third kappa shape index (κ3) is 3.12. The van der Waals surface area contributed by atoms with Gasteiger partial charge in [0.05, 0.1) is 5.69 Å². The van der Waals surface area contributed by atoms with Gasteiger partial charge in [0, 0.05) is 23.5 Å². The van der Waals surface area contributed by atoms with E-state index in [9.17, 15) is 4.79 Å². The predicted molar refractivity (Wildman–Crippen MR) is 87.8 cm³/mol. The molecule has 1 heterocycles. The van der Waals surface area contributed by atoms with Gasteiger partial charge in [0.1, 0.15) is 0 Å². The van der Waals surface area contributed by atoms with Gasteiger partial charge in [0.15, 0.2) is 0 Å². The molecule has 0 bridgehead atoms. The SMILES string of the molecule is CCSc1ccccc1NC(=O)c1ccc2c(c1)CNC2. The zero-order valence-electron chi connectivity index (χ0n) is 12.0. The lowest BCUT2D eigenvalue weighted by Gasteiger charge is -2.10. The van der Waals surface area contributed by atoms with E-state index in [2.05, 4.69) is 17.6 Å². The molecule has 21 heavy (non-hydrogen) atoms. The summed E-state index contributed by atoms with van der Waals surface area (Å²) in [5.41, 5.74) is 4.11. The lowest BCUT2D eigenvalue weighted by atomic mass is 10.1. The van der Waals surface area contributed by atoms with Crippen LogP contribution in [0, 0.1) is 0 Å². The Kier molecular flexibility index (Phi) is 4.27. The second-order valence-corrected chi connectivity index (χ2v) is 6.28. The molecule has 1 aliphatic heterocycles. The second-order valence-electron chi connectivity index (χ2n) is 4.97. The number of rotatable bonds is 4. The number of hydrogen-bond donors (Lipinski definition) is 2. The van der Waals surface area contributed by atoms with Crippen LogP contribution >= 0.6 is 11.8 Å². The smallest absolute Gasteiger partial charge is 0.255 e. The number of para-hydroxylation sites is 1. The highest BCUT2D eigenvalue weighted by atomic mass is 32.2. The highest BCUT2D eigenvalue weighted by Crippen LogP contribution is 2.27. The Morgan fingerprint density at radius 1 is 1.19 bits per heavy atom. The van der Waals surface area contributed by atoms with Crippen LogP contribution in [-0.2, 0) is 13.1 Å². The van der Waals surface area contributed by atoms with Gasteiger partial charge >= 0.3 is 0 Å². The van der Waals surface area contributed by atoms with E-state index in [0.29, 0.717) is 5.56 Å². The first-order valence-electron chi connectivity index (χ1n) is 7.13. The minimum atomic E-state index is -0.0474. The first-order valence-corrected chi connectivity index (χ1v) is 8.12. The molecule has 2 aromatic rings. The zero-order chi connectivity index (χ0) is 14.7. The van der Waals surface area contributed by atoms with Crippen LogP contribution in [0.5, 0.6) is 0 Å². The molecule has 0 atom stereocenters. The van der Waals surface area contributed by atoms with Crippen molar-refractivity contribution in [2.45, 2.75) is 24.9 Å². The van der Waals surface area contributed by atoms with Crippen LogP contribution in [0.3, 0.4) is 0 Å². The maximum absolute atomic E-state index is 12.4. The number of carbonyl (C=O) groups is 1. The first-order chi connectivity index (χ1) is 10.3. The fourth-order valence-electron chi connectivity index (χ4n) is 2.48. The van der Waals surface area contributed by atoms with Gasteiger partial charge in [-0.2, -0.15) is 0 Å². The van der Waals surface area contributed by atoms with Gasteiger partial charge in [-0.1, -0.05) is 25.1 Å². The predicted octanol–water partition coefficient (Wildman–Crippen LogP) is 3.65. The quantitative estimate of drug-likeness (QED) is 0.847. The van der Waals surface area contributed by atoms with Crippen LogP contribution in [0.25, 0.3) is 0 Å². The van der Waals surface area contributed by atoms with E-state index in [4.69, 9.17) is 0 Å². The van der Waals surface area contributed by atoms with Crippen molar-refractivity contribution in [2.24, 2.45) is 0 Å². The van der Waals surface area contributed by atoms with Gasteiger partial charge in [-0.3, -0.25) is 4.79 Å². The zero-order valence-corrected chi connectivity index (χ0v) is 12.8. The summed E-state index contributed by atoms with van der Waals surface area (Å²) in [6, 6.07) is 13.9. The summed E-state index contributed by atoms with van der Waals surface area (Å²) in [5, 5.41) is 6.32. The molecule has 2 N–H and O–H groups in total. The van der Waals surface area contributed by atoms with Gasteiger partial charge in [-0.25, -0.2) is 0 Å². The van der Waals surface area contributed by atoms with Gasteiger partial charge in [-0.15, -0.1) is 11.8 Å². The maximum atomic E-state index is 12.4. The van der Waals surface area contributed by atoms with Crippen molar-refractivity contribution in [3.8, 4) is 0 Å². The molecule has 0 saturated carbocycles. The van der Waals surface area contributed by atoms with Crippen molar-refractivity contribution >= 4 is 23.4 Å². The highest BCUT2D eigenvalue weighted by molar-refractivity contribution is 7.99. The van der Waals surface area contributed by atoms with E-state index in [1.165, 1.54) is 11.1 Å². The Balaban J connectivity index is 1.80. The summed E-state index contributed by atoms with van der Waals surface area (Å²) < 4.78 is 0. The van der Waals surface area contributed by atoms with E-state index in [1.807, 2.05) is 42.5 Å². The van der Waals surface area contributed by atoms with E-state index in [0.717, 1.165) is 29.4 Å². The van der Waals surface area contributed by atoms with Crippen LogP contribution < -0.4 is 10.6 Å². The van der Waals surface area contributed by atoms with Crippen LogP contribution in [0.1, 0.15) is 28.4 Å². The van der Waals surface area contributed by atoms with Gasteiger partial charge in [0.25, 0.3) is 5.91 Å². The average Bonchev–Trinajstić information content (AvgIpc) is 2.97. The molecule has 0 fully saturated rings. The van der Waals surface area contributed by atoms with Crippen molar-refractivity contribution in [2.75, 3.05) is 11.1 Å². The largest absolute Gasteiger partial charge is 0.321 e. The summed E-state index contributed by atoms with van der Waals surface area (Å²) >= 11 is 1.73. The molecule has 0 saturated heterocycles. The number of anilines is 1. The van der Waals surface area contributed by atoms with E-state index < -0.39 is 0 Å². The van der Waals surface area contributed by atoms with Crippen LogP contribution in [0.2, 0.25) is 0 Å². The molecule has 3 rings (SSSR count). The Bertz CT molecular complexity index is 670. The highest BCUT2D eigenvalue weighted by Gasteiger charge is 2.14. The molecule has 4 heteroatoms. The van der Waals surface area contributed by atoms with Crippen LogP contribution in [0.4, 0.5) is 5.69 Å². The minimum Gasteiger partial charge on any atom is -0.321 e. The third-order valence-electron chi connectivity index (χ3n) is 3.53. The minimum absolute atomic E-state index is 0.0474. The van der Waals surface area contributed by atoms with Crippen molar-refractivity contribution in [3.63, 3.8) is 0 Å². The molecule has 0 aliphatic carbocycles. The summed E-state index contributed by atoms with van der Waals surface area (Å²) in [5.74, 6) is 0.936. The molecule has 0 radical (unpaired) electrons. The molecule has 0 aromatic heterocycles. The van der Waals surface area contributed by atoms with Crippen molar-refractivity contribution in [1.82, 2.24) is 5.32 Å². The molecular weight excluding hydrogens is 280 g/mol. The molecular formula is C17H18N2OS. The Hall–Kier alpha value is -1.78. The normalized spacial score (nSPS) is 13.0. The number of benzene rings is 2. The molecule has 1 aliphatic rings. The fraction of sp³-hybridized carbons (Fsp3) is 0.235. The number of amides is 1. The molecule has 2 aromatic carbocycles. The lowest BCUT2D eigenvalue weighted by molar-refractivity contribution is 0.102. The van der Waals surface area contributed by atoms with E-state index in [1.54, 1.807) is 11.8 Å². The average molecular weight is 298 g/mol. The number of thioether (sulfide) groups is 1. The monoisotopic (exact) mass is 298 g/mol. The van der Waals surface area contributed by atoms with Gasteiger partial charge < -0.3 is 10.6 Å². The van der Waals surface area contributed by atoms with E-state index >= 15 is 0 Å². The van der Waals surface area contributed by atoms with Crippen molar-refractivity contribution in [3.05, 3.63) is 59.2 Å². The van der Waals surface area contributed by atoms with Gasteiger partial charge in [-0.05, 0) is 41.1 Å². The molecule has 0 spiro atoms. The summed E-state index contributed by atoms with van der Waals surface area (Å²) in [4.78, 5) is 13.5. The summed E-state index contributed by atoms with van der Waals surface area (Å²) in [6.45, 7) is 3.85. The number of fused-ring (bicyclic) bond motifs is 1. The molecule has 1 amide bonds. The number of nitrogens with one attached hydrogen (secondary N) is 2. The van der Waals surface area contributed by atoms with Gasteiger partial charge in [0.2, 0.25) is 0 Å². The second kappa shape index (κ2) is 6.33. The maximum Gasteiger partial charge on any atom is 0.255 e. The number of carbonyl (C=O) groups excluding carboxylic acids is 1. The Morgan fingerprint density at radius 3 is 2.86 bits per heavy atom. The van der Waals surface area contributed by atoms with Crippen LogP contribution in [0.15, 0.2) is 47.4 Å².